The molecule has 0 saturated heterocycles. The molecule has 0 aliphatic carbocycles. The summed E-state index contributed by atoms with van der Waals surface area (Å²) in [4.78, 5) is 4.14. The molecule has 0 bridgehead atoms. The van der Waals surface area contributed by atoms with Gasteiger partial charge in [0.1, 0.15) is 5.15 Å². The minimum absolute atomic E-state index is 0.101. The Morgan fingerprint density at radius 2 is 1.14 bits per heavy atom. The Bertz CT molecular complexity index is 929. The average Bonchev–Trinajstić information content (AvgIpc) is 2.61. The van der Waals surface area contributed by atoms with Crippen molar-refractivity contribution in [3.8, 4) is 0 Å². The molecule has 9 heteroatoms. The van der Waals surface area contributed by atoms with Crippen LogP contribution in [0.3, 0.4) is 0 Å². The largest absolute Gasteiger partial charge is 0.416 e. The topological polar surface area (TPSA) is 12.9 Å². The lowest BCUT2D eigenvalue weighted by Crippen LogP contribution is -2.25. The van der Waals surface area contributed by atoms with Gasteiger partial charge >= 0.3 is 12.4 Å². The number of benzene rings is 2. The van der Waals surface area contributed by atoms with E-state index in [2.05, 4.69) is 4.98 Å². The molecule has 0 radical (unpaired) electrons. The van der Waals surface area contributed by atoms with Crippen molar-refractivity contribution in [1.29, 1.82) is 0 Å². The molecule has 0 saturated carbocycles. The van der Waals surface area contributed by atoms with Gasteiger partial charge in [0.25, 0.3) is 0 Å². The van der Waals surface area contributed by atoms with Gasteiger partial charge in [0.2, 0.25) is 0 Å². The number of hydrogen-bond acceptors (Lipinski definition) is 1. The fraction of sp³-hybridized carbons (Fsp3) is 0.105. The second-order valence-electron chi connectivity index (χ2n) is 5.75. The van der Waals surface area contributed by atoms with E-state index in [0.717, 1.165) is 24.3 Å². The minimum atomic E-state index is -4.58. The van der Waals surface area contributed by atoms with Crippen LogP contribution in [0.4, 0.5) is 26.3 Å². The highest BCUT2D eigenvalue weighted by Crippen LogP contribution is 2.37. The number of alkyl halides is 6. The lowest BCUT2D eigenvalue weighted by Gasteiger charge is -2.20. The van der Waals surface area contributed by atoms with E-state index in [1.54, 1.807) is 6.07 Å². The van der Waals surface area contributed by atoms with Crippen molar-refractivity contribution in [2.75, 3.05) is 0 Å². The van der Waals surface area contributed by atoms with Crippen LogP contribution in [0.25, 0.3) is 0 Å². The third-order valence-corrected chi connectivity index (χ3v) is 6.30. The van der Waals surface area contributed by atoms with Crippen LogP contribution in [0.15, 0.2) is 66.7 Å². The van der Waals surface area contributed by atoms with Gasteiger partial charge in [0.05, 0.1) is 16.6 Å². The van der Waals surface area contributed by atoms with E-state index < -0.39 is 31.4 Å². The summed E-state index contributed by atoms with van der Waals surface area (Å²) < 4.78 is 78.9. The summed E-state index contributed by atoms with van der Waals surface area (Å²) in [6.45, 7) is 0. The summed E-state index contributed by atoms with van der Waals surface area (Å²) in [5, 5.41) is 0.543. The van der Waals surface area contributed by atoms with E-state index in [1.165, 1.54) is 36.4 Å². The van der Waals surface area contributed by atoms with Crippen molar-refractivity contribution in [3.63, 3.8) is 0 Å². The van der Waals surface area contributed by atoms with Gasteiger partial charge in [0.15, 0.2) is 0 Å². The summed E-state index contributed by atoms with van der Waals surface area (Å²) in [6.07, 6.45) is -9.15. The first kappa shape index (κ1) is 20.6. The van der Waals surface area contributed by atoms with Gasteiger partial charge < -0.3 is 0 Å². The second kappa shape index (κ2) is 7.72. The van der Waals surface area contributed by atoms with E-state index in [4.69, 9.17) is 11.6 Å². The van der Waals surface area contributed by atoms with Crippen molar-refractivity contribution in [3.05, 3.63) is 83.0 Å². The van der Waals surface area contributed by atoms with Crippen LogP contribution in [-0.4, -0.2) is 4.98 Å². The van der Waals surface area contributed by atoms with Crippen molar-refractivity contribution in [1.82, 2.24) is 4.98 Å². The fourth-order valence-electron chi connectivity index (χ4n) is 2.58. The zero-order valence-corrected chi connectivity index (χ0v) is 15.5. The van der Waals surface area contributed by atoms with Crippen LogP contribution in [0.1, 0.15) is 11.1 Å². The number of halogens is 7. The molecular formula is C19H11ClF6NP. The Hall–Kier alpha value is -2.11. The second-order valence-corrected chi connectivity index (χ2v) is 8.30. The van der Waals surface area contributed by atoms with Crippen LogP contribution in [0, 0.1) is 0 Å². The Labute approximate surface area is 162 Å². The molecular weight excluding hydrogens is 423 g/mol. The molecule has 3 aromatic rings. The summed E-state index contributed by atoms with van der Waals surface area (Å²) in [6, 6.07) is 13.6. The molecule has 0 unspecified atom stereocenters. The third-order valence-electron chi connectivity index (χ3n) is 3.79. The molecule has 0 amide bonds. The maximum atomic E-state index is 13.1. The fourth-order valence-corrected chi connectivity index (χ4v) is 5.08. The molecule has 0 fully saturated rings. The summed E-state index contributed by atoms with van der Waals surface area (Å²) >= 11 is 5.91. The highest BCUT2D eigenvalue weighted by atomic mass is 35.5. The van der Waals surface area contributed by atoms with Crippen LogP contribution in [0.2, 0.25) is 5.15 Å². The zero-order chi connectivity index (χ0) is 20.5. The Morgan fingerprint density at radius 3 is 1.57 bits per heavy atom. The zero-order valence-electron chi connectivity index (χ0n) is 13.9. The van der Waals surface area contributed by atoms with Crippen molar-refractivity contribution >= 4 is 35.6 Å². The SMILES string of the molecule is FC(F)(F)c1cccc(P(c2cccc(C(F)(F)F)c2)c2cccc(Cl)n2)c1. The normalized spacial score (nSPS) is 12.4. The molecule has 3 rings (SSSR count). The van der Waals surface area contributed by atoms with Crippen LogP contribution in [0.5, 0.6) is 0 Å². The quantitative estimate of drug-likeness (QED) is 0.301. The van der Waals surface area contributed by atoms with Gasteiger partial charge in [-0.25, -0.2) is 4.98 Å². The van der Waals surface area contributed by atoms with Gasteiger partial charge in [0, 0.05) is 7.92 Å². The van der Waals surface area contributed by atoms with Gasteiger partial charge in [-0.2, -0.15) is 26.3 Å². The van der Waals surface area contributed by atoms with E-state index >= 15 is 0 Å². The number of aromatic nitrogens is 1. The molecule has 0 aliphatic heterocycles. The third kappa shape index (κ3) is 4.65. The maximum absolute atomic E-state index is 13.1. The molecule has 2 aromatic carbocycles. The predicted molar refractivity (Wildman–Crippen MR) is 98.0 cm³/mol. The lowest BCUT2D eigenvalue weighted by atomic mass is 10.2. The molecule has 0 atom stereocenters. The standard InChI is InChI=1S/C19H11ClF6NP/c20-16-8-3-9-17(27-16)28(14-6-1-4-12(10-14)18(21,22)23)15-7-2-5-13(11-15)19(24,25)26/h1-11H. The number of rotatable bonds is 3. The molecule has 146 valence electrons. The summed E-state index contributed by atoms with van der Waals surface area (Å²) in [7, 11) is -1.78. The maximum Gasteiger partial charge on any atom is 0.416 e. The molecule has 1 aromatic heterocycles. The lowest BCUT2D eigenvalue weighted by molar-refractivity contribution is -0.138. The number of nitrogens with zero attached hydrogens (tertiary/aromatic N) is 1. The number of pyridine rings is 1. The monoisotopic (exact) mass is 433 g/mol. The Morgan fingerprint density at radius 1 is 0.679 bits per heavy atom. The summed E-state index contributed by atoms with van der Waals surface area (Å²) in [5.74, 6) is 0. The van der Waals surface area contributed by atoms with E-state index in [-0.39, 0.29) is 15.8 Å². The van der Waals surface area contributed by atoms with E-state index in [9.17, 15) is 26.3 Å². The van der Waals surface area contributed by atoms with Crippen molar-refractivity contribution < 1.29 is 26.3 Å². The number of hydrogen-bond donors (Lipinski definition) is 0. The van der Waals surface area contributed by atoms with E-state index in [0.29, 0.717) is 5.44 Å². The summed E-state index contributed by atoms with van der Waals surface area (Å²) in [5.41, 5.74) is -1.46. The first-order valence-corrected chi connectivity index (χ1v) is 9.55. The molecule has 1 nitrogen and oxygen atoms in total. The van der Waals surface area contributed by atoms with Crippen LogP contribution in [-0.2, 0) is 12.4 Å². The minimum Gasteiger partial charge on any atom is -0.236 e. The van der Waals surface area contributed by atoms with Gasteiger partial charge in [-0.3, -0.25) is 0 Å². The van der Waals surface area contributed by atoms with E-state index in [1.807, 2.05) is 0 Å². The molecule has 0 aliphatic rings. The molecule has 28 heavy (non-hydrogen) atoms. The van der Waals surface area contributed by atoms with Crippen molar-refractivity contribution in [2.24, 2.45) is 0 Å². The van der Waals surface area contributed by atoms with Gasteiger partial charge in [-0.05, 0) is 47.0 Å². The highest BCUT2D eigenvalue weighted by Gasteiger charge is 2.33. The first-order chi connectivity index (χ1) is 13.1. The molecule has 1 heterocycles. The molecule has 0 N–H and O–H groups in total. The van der Waals surface area contributed by atoms with Crippen molar-refractivity contribution in [2.45, 2.75) is 12.4 Å². The smallest absolute Gasteiger partial charge is 0.236 e. The highest BCUT2D eigenvalue weighted by molar-refractivity contribution is 7.79. The van der Waals surface area contributed by atoms with Gasteiger partial charge in [-0.1, -0.05) is 41.9 Å². The first-order valence-electron chi connectivity index (χ1n) is 7.83. The van der Waals surface area contributed by atoms with Gasteiger partial charge in [-0.15, -0.1) is 0 Å². The average molecular weight is 434 g/mol. The Balaban J connectivity index is 2.20. The van der Waals surface area contributed by atoms with Crippen LogP contribution < -0.4 is 16.0 Å². The van der Waals surface area contributed by atoms with Crippen LogP contribution >= 0.6 is 19.5 Å². The Kier molecular flexibility index (Phi) is 5.69. The predicted octanol–water partition coefficient (Wildman–Crippen LogP) is 5.53. The molecule has 0 spiro atoms.